The molecule has 0 amide bonds. The lowest BCUT2D eigenvalue weighted by Gasteiger charge is -2.29. The highest BCUT2D eigenvalue weighted by atomic mass is 35.5. The number of aromatic amines is 1. The van der Waals surface area contributed by atoms with Gasteiger partial charge in [-0.15, -0.1) is 0 Å². The molecular formula is C20H24ClN5O3S. The molecule has 0 radical (unpaired) electrons. The molecule has 4 rings (SSSR count). The Balaban J connectivity index is 1.49. The molecule has 3 heterocycles. The first-order valence-electron chi connectivity index (χ1n) is 9.82. The van der Waals surface area contributed by atoms with Gasteiger partial charge in [0.1, 0.15) is 22.4 Å². The van der Waals surface area contributed by atoms with Crippen molar-refractivity contribution in [1.29, 1.82) is 0 Å². The molecule has 30 heavy (non-hydrogen) atoms. The van der Waals surface area contributed by atoms with Gasteiger partial charge in [-0.2, -0.15) is 0 Å². The molecule has 3 aromatic heterocycles. The molecule has 1 saturated carbocycles. The second kappa shape index (κ2) is 9.30. The first-order valence-corrected chi connectivity index (χ1v) is 11.3. The maximum absolute atomic E-state index is 10.8. The Morgan fingerprint density at radius 2 is 2.10 bits per heavy atom. The predicted octanol–water partition coefficient (Wildman–Crippen LogP) is 3.98. The highest BCUT2D eigenvalue weighted by molar-refractivity contribution is 7.77. The number of H-pyrrole nitrogens is 1. The number of rotatable bonds is 7. The third kappa shape index (κ3) is 4.92. The second-order valence-corrected chi connectivity index (χ2v) is 8.67. The minimum atomic E-state index is -1.95. The molecule has 1 aliphatic carbocycles. The molecule has 10 heteroatoms. The fraction of sp³-hybridized carbons (Fsp3) is 0.400. The standard InChI is InChI=1S/C20H24ClN5O3S/c1-29-15-8-16-17(11-23-20(16)22-10-15)13-6-18(21)26-19(7-13)25-14-4-2-12(3-5-14)9-24-30(27)28/h6-8,10-12,14,24H,2-5,9H2,1H3,(H,22,23)(H,25,26)(H,27,28). The summed E-state index contributed by atoms with van der Waals surface area (Å²) in [5.74, 6) is 1.84. The van der Waals surface area contributed by atoms with Gasteiger partial charge in [-0.3, -0.25) is 4.55 Å². The zero-order valence-electron chi connectivity index (χ0n) is 16.5. The topological polar surface area (TPSA) is 112 Å². The van der Waals surface area contributed by atoms with Gasteiger partial charge in [0.2, 0.25) is 11.3 Å². The van der Waals surface area contributed by atoms with Crippen LogP contribution in [-0.2, 0) is 11.3 Å². The van der Waals surface area contributed by atoms with Crippen molar-refractivity contribution in [2.45, 2.75) is 31.7 Å². The number of ether oxygens (including phenoxy) is 1. The highest BCUT2D eigenvalue weighted by Gasteiger charge is 2.22. The van der Waals surface area contributed by atoms with E-state index in [1.165, 1.54) is 0 Å². The van der Waals surface area contributed by atoms with Crippen molar-refractivity contribution in [2.24, 2.45) is 5.92 Å². The summed E-state index contributed by atoms with van der Waals surface area (Å²) in [6, 6.07) is 6.08. The molecule has 0 bridgehead atoms. The molecular weight excluding hydrogens is 426 g/mol. The van der Waals surface area contributed by atoms with Crippen molar-refractivity contribution in [3.05, 3.63) is 35.7 Å². The minimum Gasteiger partial charge on any atom is -0.495 e. The van der Waals surface area contributed by atoms with Gasteiger partial charge in [-0.05, 0) is 55.4 Å². The number of hydrogen-bond donors (Lipinski definition) is 4. The summed E-state index contributed by atoms with van der Waals surface area (Å²) in [4.78, 5) is 12.0. The van der Waals surface area contributed by atoms with E-state index >= 15 is 0 Å². The summed E-state index contributed by atoms with van der Waals surface area (Å²) in [5, 5.41) is 4.88. The largest absolute Gasteiger partial charge is 0.495 e. The maximum Gasteiger partial charge on any atom is 0.231 e. The van der Waals surface area contributed by atoms with E-state index in [2.05, 4.69) is 25.0 Å². The van der Waals surface area contributed by atoms with Gasteiger partial charge in [0.05, 0.1) is 13.3 Å². The van der Waals surface area contributed by atoms with Gasteiger partial charge in [0.15, 0.2) is 0 Å². The van der Waals surface area contributed by atoms with Crippen LogP contribution in [-0.4, -0.2) is 43.4 Å². The number of nitrogens with one attached hydrogen (secondary N) is 3. The number of hydrogen-bond acceptors (Lipinski definition) is 5. The smallest absolute Gasteiger partial charge is 0.231 e. The van der Waals surface area contributed by atoms with E-state index in [0.29, 0.717) is 29.4 Å². The maximum atomic E-state index is 10.8. The fourth-order valence-electron chi connectivity index (χ4n) is 3.97. The molecule has 1 fully saturated rings. The van der Waals surface area contributed by atoms with Crippen LogP contribution in [0, 0.1) is 5.92 Å². The van der Waals surface area contributed by atoms with Crippen LogP contribution in [0.5, 0.6) is 5.75 Å². The molecule has 3 aromatic rings. The summed E-state index contributed by atoms with van der Waals surface area (Å²) in [7, 11) is 1.62. The number of nitrogens with zero attached hydrogens (tertiary/aromatic N) is 2. The first kappa shape index (κ1) is 21.0. The Hall–Kier alpha value is -2.20. The molecule has 1 atom stereocenters. The van der Waals surface area contributed by atoms with E-state index in [9.17, 15) is 4.21 Å². The molecule has 0 spiro atoms. The van der Waals surface area contributed by atoms with Crippen molar-refractivity contribution < 1.29 is 13.5 Å². The van der Waals surface area contributed by atoms with Crippen LogP contribution >= 0.6 is 11.6 Å². The van der Waals surface area contributed by atoms with E-state index in [4.69, 9.17) is 20.9 Å². The van der Waals surface area contributed by atoms with Crippen LogP contribution in [0.1, 0.15) is 25.7 Å². The lowest BCUT2D eigenvalue weighted by molar-refractivity contribution is 0.336. The van der Waals surface area contributed by atoms with Crippen LogP contribution in [0.2, 0.25) is 5.15 Å². The third-order valence-electron chi connectivity index (χ3n) is 5.54. The number of halogens is 1. The average molecular weight is 450 g/mol. The van der Waals surface area contributed by atoms with E-state index in [1.807, 2.05) is 24.4 Å². The van der Waals surface area contributed by atoms with Crippen LogP contribution in [0.3, 0.4) is 0 Å². The number of methoxy groups -OCH3 is 1. The van der Waals surface area contributed by atoms with Crippen molar-refractivity contribution in [3.63, 3.8) is 0 Å². The van der Waals surface area contributed by atoms with Gasteiger partial charge in [0, 0.05) is 29.7 Å². The second-order valence-electron chi connectivity index (χ2n) is 7.50. The van der Waals surface area contributed by atoms with Crippen LogP contribution < -0.4 is 14.8 Å². The Bertz CT molecular complexity index is 1050. The van der Waals surface area contributed by atoms with Gasteiger partial charge in [-0.25, -0.2) is 18.9 Å². The molecule has 0 aliphatic heterocycles. The lowest BCUT2D eigenvalue weighted by atomic mass is 9.86. The molecule has 4 N–H and O–H groups in total. The average Bonchev–Trinajstić information content (AvgIpc) is 3.16. The van der Waals surface area contributed by atoms with E-state index < -0.39 is 11.3 Å². The van der Waals surface area contributed by atoms with E-state index in [0.717, 1.165) is 53.7 Å². The Morgan fingerprint density at radius 1 is 1.30 bits per heavy atom. The third-order valence-corrected chi connectivity index (χ3v) is 6.15. The van der Waals surface area contributed by atoms with E-state index in [-0.39, 0.29) is 0 Å². The summed E-state index contributed by atoms with van der Waals surface area (Å²) in [6.07, 6.45) is 7.52. The quantitative estimate of drug-likeness (QED) is 0.320. The fourth-order valence-corrected chi connectivity index (χ4v) is 4.56. The van der Waals surface area contributed by atoms with Gasteiger partial charge >= 0.3 is 0 Å². The Morgan fingerprint density at radius 3 is 2.83 bits per heavy atom. The molecule has 160 valence electrons. The van der Waals surface area contributed by atoms with Crippen LogP contribution in [0.15, 0.2) is 30.6 Å². The SMILES string of the molecule is COc1cnc2[nH]cc(-c3cc(Cl)nc(NC4CCC(CNS(=O)O)CC4)c3)c2c1. The minimum absolute atomic E-state index is 0.296. The highest BCUT2D eigenvalue weighted by Crippen LogP contribution is 2.33. The number of pyridine rings is 2. The molecule has 8 nitrogen and oxygen atoms in total. The van der Waals surface area contributed by atoms with E-state index in [1.54, 1.807) is 13.3 Å². The van der Waals surface area contributed by atoms with Gasteiger partial charge < -0.3 is 15.0 Å². The zero-order valence-corrected chi connectivity index (χ0v) is 18.1. The molecule has 0 aromatic carbocycles. The van der Waals surface area contributed by atoms with Crippen molar-refractivity contribution in [2.75, 3.05) is 19.0 Å². The number of anilines is 1. The first-order chi connectivity index (χ1) is 14.5. The van der Waals surface area contributed by atoms with Crippen LogP contribution in [0.25, 0.3) is 22.2 Å². The van der Waals surface area contributed by atoms with Crippen molar-refractivity contribution in [1.82, 2.24) is 19.7 Å². The van der Waals surface area contributed by atoms with Crippen molar-refractivity contribution >= 4 is 39.7 Å². The Labute approximate surface area is 182 Å². The summed E-state index contributed by atoms with van der Waals surface area (Å²) >= 11 is 4.38. The van der Waals surface area contributed by atoms with Crippen LogP contribution in [0.4, 0.5) is 5.82 Å². The summed E-state index contributed by atoms with van der Waals surface area (Å²) in [6.45, 7) is 0.563. The summed E-state index contributed by atoms with van der Waals surface area (Å²) < 4.78 is 27.6. The monoisotopic (exact) mass is 449 g/mol. The lowest BCUT2D eigenvalue weighted by Crippen LogP contribution is -2.32. The zero-order chi connectivity index (χ0) is 21.1. The number of aromatic nitrogens is 3. The number of fused-ring (bicyclic) bond motifs is 1. The molecule has 1 aliphatic rings. The van der Waals surface area contributed by atoms with Crippen molar-refractivity contribution in [3.8, 4) is 16.9 Å². The summed E-state index contributed by atoms with van der Waals surface area (Å²) in [5.41, 5.74) is 2.71. The molecule has 0 saturated heterocycles. The molecule has 1 unspecified atom stereocenters. The Kier molecular flexibility index (Phi) is 6.52. The van der Waals surface area contributed by atoms with Gasteiger partial charge in [-0.1, -0.05) is 11.6 Å². The normalized spacial score (nSPS) is 20.2. The predicted molar refractivity (Wildman–Crippen MR) is 119 cm³/mol. The van der Waals surface area contributed by atoms with Gasteiger partial charge in [0.25, 0.3) is 0 Å².